The fourth-order valence-electron chi connectivity index (χ4n) is 2.06. The first-order valence-corrected chi connectivity index (χ1v) is 5.90. The molecule has 2 aromatic rings. The molecule has 0 spiro atoms. The van der Waals surface area contributed by atoms with Gasteiger partial charge in [-0.3, -0.25) is 0 Å². The molecule has 0 aliphatic heterocycles. The van der Waals surface area contributed by atoms with Crippen LogP contribution in [0, 0.1) is 0 Å². The summed E-state index contributed by atoms with van der Waals surface area (Å²) in [6.07, 6.45) is 1.62. The van der Waals surface area contributed by atoms with Gasteiger partial charge in [0.2, 0.25) is 0 Å². The Bertz CT molecular complexity index is 488. The molecule has 96 valence electrons. The quantitative estimate of drug-likeness (QED) is 0.776. The predicted octanol–water partition coefficient (Wildman–Crippen LogP) is 3.10. The van der Waals surface area contributed by atoms with E-state index in [9.17, 15) is 10.2 Å². The molecule has 0 saturated carbocycles. The van der Waals surface area contributed by atoms with Gasteiger partial charge < -0.3 is 19.9 Å². The minimum Gasteiger partial charge on any atom is -0.507 e. The summed E-state index contributed by atoms with van der Waals surface area (Å²) in [7, 11) is 0. The number of aromatic hydroxyl groups is 2. The van der Waals surface area contributed by atoms with Gasteiger partial charge in [0, 0.05) is 6.04 Å². The summed E-state index contributed by atoms with van der Waals surface area (Å²) in [5.74, 6) is 0.986. The second kappa shape index (κ2) is 5.14. The summed E-state index contributed by atoms with van der Waals surface area (Å²) in [5.41, 5.74) is 0.496. The Morgan fingerprint density at radius 2 is 1.67 bits per heavy atom. The molecule has 0 radical (unpaired) electrons. The van der Waals surface area contributed by atoms with Crippen LogP contribution in [0.5, 0.6) is 11.5 Å². The summed E-state index contributed by atoms with van der Waals surface area (Å²) in [5, 5.41) is 22.8. The first-order valence-electron chi connectivity index (χ1n) is 5.90. The third kappa shape index (κ3) is 2.49. The molecule has 1 heterocycles. The number of hydrogen-bond donors (Lipinski definition) is 3. The Morgan fingerprint density at radius 1 is 1.00 bits per heavy atom. The minimum atomic E-state index is -0.189. The van der Waals surface area contributed by atoms with Crippen molar-refractivity contribution in [2.45, 2.75) is 25.9 Å². The number of phenols is 2. The fourth-order valence-corrected chi connectivity index (χ4v) is 2.06. The number of nitrogens with one attached hydrogen (secondary N) is 1. The average Bonchev–Trinajstić information content (AvgIpc) is 2.81. The first-order chi connectivity index (χ1) is 8.59. The van der Waals surface area contributed by atoms with Crippen LogP contribution in [-0.2, 0) is 0 Å². The molecule has 1 aromatic heterocycles. The Hall–Kier alpha value is -1.94. The van der Waals surface area contributed by atoms with Crippen molar-refractivity contribution < 1.29 is 14.6 Å². The molecule has 2 atom stereocenters. The van der Waals surface area contributed by atoms with Crippen molar-refractivity contribution in [3.05, 3.63) is 47.9 Å². The fraction of sp³-hybridized carbons (Fsp3) is 0.286. The number of rotatable bonds is 4. The van der Waals surface area contributed by atoms with Crippen LogP contribution in [0.2, 0.25) is 0 Å². The SMILES string of the molecule is CC(NC(C)c1c(O)cccc1O)c1ccco1. The van der Waals surface area contributed by atoms with Gasteiger partial charge in [-0.05, 0) is 38.1 Å². The maximum absolute atomic E-state index is 9.78. The van der Waals surface area contributed by atoms with E-state index < -0.39 is 0 Å². The van der Waals surface area contributed by atoms with E-state index >= 15 is 0 Å². The van der Waals surface area contributed by atoms with Crippen LogP contribution in [0.3, 0.4) is 0 Å². The molecule has 0 aliphatic rings. The van der Waals surface area contributed by atoms with Crippen molar-refractivity contribution in [1.29, 1.82) is 0 Å². The number of phenolic OH excluding ortho intramolecular Hbond substituents is 2. The van der Waals surface area contributed by atoms with E-state index in [2.05, 4.69) is 5.32 Å². The van der Waals surface area contributed by atoms with Gasteiger partial charge in [0.15, 0.2) is 0 Å². The van der Waals surface area contributed by atoms with Crippen molar-refractivity contribution in [3.63, 3.8) is 0 Å². The zero-order valence-electron chi connectivity index (χ0n) is 10.4. The highest BCUT2D eigenvalue weighted by molar-refractivity contribution is 5.45. The highest BCUT2D eigenvalue weighted by Gasteiger charge is 2.18. The monoisotopic (exact) mass is 247 g/mol. The normalized spacial score (nSPS) is 14.3. The van der Waals surface area contributed by atoms with E-state index in [4.69, 9.17) is 4.42 Å². The molecular formula is C14H17NO3. The molecule has 0 amide bonds. The second-order valence-electron chi connectivity index (χ2n) is 4.34. The van der Waals surface area contributed by atoms with Crippen LogP contribution in [0.1, 0.15) is 37.3 Å². The van der Waals surface area contributed by atoms with Crippen LogP contribution in [0.25, 0.3) is 0 Å². The van der Waals surface area contributed by atoms with Crippen molar-refractivity contribution in [2.75, 3.05) is 0 Å². The molecule has 1 aromatic carbocycles. The lowest BCUT2D eigenvalue weighted by Crippen LogP contribution is -2.22. The van der Waals surface area contributed by atoms with Crippen LogP contribution in [-0.4, -0.2) is 10.2 Å². The lowest BCUT2D eigenvalue weighted by atomic mass is 10.0. The molecule has 2 unspecified atom stereocenters. The molecule has 4 heteroatoms. The molecule has 0 saturated heterocycles. The zero-order chi connectivity index (χ0) is 13.1. The van der Waals surface area contributed by atoms with Crippen LogP contribution >= 0.6 is 0 Å². The van der Waals surface area contributed by atoms with Crippen molar-refractivity contribution in [3.8, 4) is 11.5 Å². The minimum absolute atomic E-state index is 0.00555. The number of benzene rings is 1. The largest absolute Gasteiger partial charge is 0.507 e. The van der Waals surface area contributed by atoms with E-state index in [0.717, 1.165) is 5.76 Å². The maximum Gasteiger partial charge on any atom is 0.124 e. The standard InChI is InChI=1S/C14H17NO3/c1-9(13-7-4-8-18-13)15-10(2)14-11(16)5-3-6-12(14)17/h3-10,15-17H,1-2H3. The van der Waals surface area contributed by atoms with Crippen LogP contribution < -0.4 is 5.32 Å². The van der Waals surface area contributed by atoms with Crippen LogP contribution in [0.4, 0.5) is 0 Å². The van der Waals surface area contributed by atoms with Gasteiger partial charge in [-0.1, -0.05) is 6.07 Å². The van der Waals surface area contributed by atoms with E-state index in [-0.39, 0.29) is 23.6 Å². The Balaban J connectivity index is 2.15. The van der Waals surface area contributed by atoms with Crippen LogP contribution in [0.15, 0.2) is 41.0 Å². The number of furan rings is 1. The average molecular weight is 247 g/mol. The Kier molecular flexibility index (Phi) is 3.58. The summed E-state index contributed by atoms with van der Waals surface area (Å²) >= 11 is 0. The highest BCUT2D eigenvalue weighted by Crippen LogP contribution is 2.33. The van der Waals surface area contributed by atoms with Gasteiger partial charge in [0.1, 0.15) is 17.3 Å². The second-order valence-corrected chi connectivity index (χ2v) is 4.34. The lowest BCUT2D eigenvalue weighted by molar-refractivity contribution is 0.379. The molecule has 18 heavy (non-hydrogen) atoms. The maximum atomic E-state index is 9.78. The molecular weight excluding hydrogens is 230 g/mol. The summed E-state index contributed by atoms with van der Waals surface area (Å²) in [4.78, 5) is 0. The van der Waals surface area contributed by atoms with Crippen molar-refractivity contribution in [1.82, 2.24) is 5.32 Å². The van der Waals surface area contributed by atoms with Gasteiger partial charge in [-0.2, -0.15) is 0 Å². The first kappa shape index (κ1) is 12.5. The van der Waals surface area contributed by atoms with Gasteiger partial charge in [-0.15, -0.1) is 0 Å². The van der Waals surface area contributed by atoms with E-state index in [0.29, 0.717) is 5.56 Å². The van der Waals surface area contributed by atoms with E-state index in [1.807, 2.05) is 26.0 Å². The lowest BCUT2D eigenvalue weighted by Gasteiger charge is -2.20. The Morgan fingerprint density at radius 3 is 2.22 bits per heavy atom. The van der Waals surface area contributed by atoms with Gasteiger partial charge >= 0.3 is 0 Å². The van der Waals surface area contributed by atoms with E-state index in [1.165, 1.54) is 0 Å². The van der Waals surface area contributed by atoms with Crippen molar-refractivity contribution >= 4 is 0 Å². The third-order valence-corrected chi connectivity index (χ3v) is 2.96. The molecule has 0 fully saturated rings. The Labute approximate surface area is 106 Å². The van der Waals surface area contributed by atoms with Gasteiger partial charge in [-0.25, -0.2) is 0 Å². The van der Waals surface area contributed by atoms with Crippen molar-refractivity contribution in [2.24, 2.45) is 0 Å². The molecule has 0 bridgehead atoms. The van der Waals surface area contributed by atoms with Gasteiger partial charge in [0.05, 0.1) is 17.9 Å². The predicted molar refractivity (Wildman–Crippen MR) is 68.4 cm³/mol. The molecule has 4 nitrogen and oxygen atoms in total. The summed E-state index contributed by atoms with van der Waals surface area (Å²) in [6, 6.07) is 8.25. The van der Waals surface area contributed by atoms with Gasteiger partial charge in [0.25, 0.3) is 0 Å². The summed E-state index contributed by atoms with van der Waals surface area (Å²) in [6.45, 7) is 3.85. The highest BCUT2D eigenvalue weighted by atomic mass is 16.3. The summed E-state index contributed by atoms with van der Waals surface area (Å²) < 4.78 is 5.31. The smallest absolute Gasteiger partial charge is 0.124 e. The topological polar surface area (TPSA) is 65.6 Å². The van der Waals surface area contributed by atoms with E-state index in [1.54, 1.807) is 24.5 Å². The third-order valence-electron chi connectivity index (χ3n) is 2.96. The molecule has 2 rings (SSSR count). The molecule has 0 aliphatic carbocycles. The zero-order valence-corrected chi connectivity index (χ0v) is 10.4. The number of hydrogen-bond acceptors (Lipinski definition) is 4. The molecule has 3 N–H and O–H groups in total.